The molecule has 0 spiro atoms. The molecule has 0 bridgehead atoms. The van der Waals surface area contributed by atoms with Gasteiger partial charge in [0.05, 0.1) is 23.3 Å². The van der Waals surface area contributed by atoms with Crippen LogP contribution in [-0.4, -0.2) is 23.8 Å². The Hall–Kier alpha value is -4.46. The van der Waals surface area contributed by atoms with Crippen molar-refractivity contribution in [1.29, 1.82) is 0 Å². The van der Waals surface area contributed by atoms with Crippen LogP contribution in [0.2, 0.25) is 0 Å². The minimum Gasteiger partial charge on any atom is -0.495 e. The van der Waals surface area contributed by atoms with Crippen LogP contribution in [0.25, 0.3) is 6.08 Å². The molecule has 0 atom stereocenters. The first-order chi connectivity index (χ1) is 15.0. The number of hydrogen-bond donors (Lipinski definition) is 2. The number of carbonyl (C=O) groups excluding carboxylic acids is 2. The van der Waals surface area contributed by atoms with Gasteiger partial charge in [-0.15, -0.1) is 0 Å². The highest BCUT2D eigenvalue weighted by atomic mass is 16.6. The fraction of sp³-hybridized carbons (Fsp3) is 0.0435. The molecule has 0 aliphatic heterocycles. The number of nitro benzene ring substituents is 1. The van der Waals surface area contributed by atoms with Gasteiger partial charge in [-0.3, -0.25) is 19.7 Å². The average Bonchev–Trinajstić information content (AvgIpc) is 2.79. The molecule has 8 heteroatoms. The maximum absolute atomic E-state index is 13.0. The Labute approximate surface area is 178 Å². The van der Waals surface area contributed by atoms with Gasteiger partial charge in [0.15, 0.2) is 0 Å². The first-order valence-corrected chi connectivity index (χ1v) is 9.25. The van der Waals surface area contributed by atoms with Crippen molar-refractivity contribution < 1.29 is 19.2 Å². The van der Waals surface area contributed by atoms with E-state index in [1.165, 1.54) is 31.4 Å². The SMILES string of the molecule is COc1ccccc1NC(=O)C(=Cc1ccccc1[N+](=O)[O-])NC(=O)c1ccccc1. The molecule has 0 aromatic heterocycles. The van der Waals surface area contributed by atoms with E-state index in [2.05, 4.69) is 10.6 Å². The van der Waals surface area contributed by atoms with Crippen molar-refractivity contribution >= 4 is 29.3 Å². The first-order valence-electron chi connectivity index (χ1n) is 9.25. The second-order valence-electron chi connectivity index (χ2n) is 6.35. The summed E-state index contributed by atoms with van der Waals surface area (Å²) in [6, 6.07) is 21.0. The Morgan fingerprint density at radius 1 is 0.935 bits per heavy atom. The van der Waals surface area contributed by atoms with Crippen LogP contribution in [0, 0.1) is 10.1 Å². The number of amides is 2. The lowest BCUT2D eigenvalue weighted by atomic mass is 10.1. The lowest BCUT2D eigenvalue weighted by Crippen LogP contribution is -2.30. The van der Waals surface area contributed by atoms with Gasteiger partial charge in [-0.25, -0.2) is 0 Å². The topological polar surface area (TPSA) is 111 Å². The van der Waals surface area contributed by atoms with Crippen molar-refractivity contribution in [3.8, 4) is 5.75 Å². The summed E-state index contributed by atoms with van der Waals surface area (Å²) in [6.45, 7) is 0. The van der Waals surface area contributed by atoms with Crippen molar-refractivity contribution in [2.75, 3.05) is 12.4 Å². The first kappa shape index (κ1) is 21.3. The van der Waals surface area contributed by atoms with Gasteiger partial charge in [0, 0.05) is 11.6 Å². The summed E-state index contributed by atoms with van der Waals surface area (Å²) in [5.41, 5.74) is 0.539. The molecule has 156 valence electrons. The number of para-hydroxylation sites is 3. The smallest absolute Gasteiger partial charge is 0.276 e. The van der Waals surface area contributed by atoms with Crippen LogP contribution in [-0.2, 0) is 4.79 Å². The zero-order valence-electron chi connectivity index (χ0n) is 16.6. The number of carbonyl (C=O) groups is 2. The summed E-state index contributed by atoms with van der Waals surface area (Å²) >= 11 is 0. The van der Waals surface area contributed by atoms with Crippen molar-refractivity contribution in [2.24, 2.45) is 0 Å². The lowest BCUT2D eigenvalue weighted by Gasteiger charge is -2.13. The summed E-state index contributed by atoms with van der Waals surface area (Å²) in [7, 11) is 1.46. The average molecular weight is 417 g/mol. The van der Waals surface area contributed by atoms with Gasteiger partial charge in [-0.2, -0.15) is 0 Å². The quantitative estimate of drug-likeness (QED) is 0.343. The molecule has 3 rings (SSSR count). The Morgan fingerprint density at radius 2 is 1.58 bits per heavy atom. The molecule has 0 saturated heterocycles. The molecule has 0 aliphatic carbocycles. The van der Waals surface area contributed by atoms with Gasteiger partial charge >= 0.3 is 0 Å². The van der Waals surface area contributed by atoms with Gasteiger partial charge in [-0.1, -0.05) is 42.5 Å². The number of rotatable bonds is 7. The molecule has 3 aromatic rings. The molecule has 0 radical (unpaired) electrons. The molecule has 8 nitrogen and oxygen atoms in total. The maximum atomic E-state index is 13.0. The van der Waals surface area contributed by atoms with E-state index in [9.17, 15) is 19.7 Å². The molecule has 2 N–H and O–H groups in total. The van der Waals surface area contributed by atoms with E-state index in [0.29, 0.717) is 17.0 Å². The van der Waals surface area contributed by atoms with Crippen LogP contribution in [0.5, 0.6) is 5.75 Å². The molecule has 31 heavy (non-hydrogen) atoms. The number of nitrogens with zero attached hydrogens (tertiary/aromatic N) is 1. The van der Waals surface area contributed by atoms with Crippen LogP contribution in [0.1, 0.15) is 15.9 Å². The fourth-order valence-electron chi connectivity index (χ4n) is 2.81. The highest BCUT2D eigenvalue weighted by molar-refractivity contribution is 6.11. The monoisotopic (exact) mass is 417 g/mol. The van der Waals surface area contributed by atoms with Crippen molar-refractivity contribution in [2.45, 2.75) is 0 Å². The molecule has 3 aromatic carbocycles. The zero-order valence-corrected chi connectivity index (χ0v) is 16.6. The third-order valence-electron chi connectivity index (χ3n) is 4.32. The van der Waals surface area contributed by atoms with Crippen LogP contribution in [0.3, 0.4) is 0 Å². The Morgan fingerprint density at radius 3 is 2.29 bits per heavy atom. The molecule has 0 saturated carbocycles. The number of ether oxygens (including phenoxy) is 1. The minimum atomic E-state index is -0.660. The van der Waals surface area contributed by atoms with E-state index in [4.69, 9.17) is 4.74 Å². The number of nitro groups is 1. The summed E-state index contributed by atoms with van der Waals surface area (Å²) in [4.78, 5) is 36.5. The van der Waals surface area contributed by atoms with Gasteiger partial charge in [0.1, 0.15) is 11.4 Å². The number of hydrogen-bond acceptors (Lipinski definition) is 5. The summed E-state index contributed by atoms with van der Waals surface area (Å²) in [5.74, 6) is -0.761. The van der Waals surface area contributed by atoms with E-state index < -0.39 is 16.7 Å². The second kappa shape index (κ2) is 9.84. The molecule has 0 fully saturated rings. The van der Waals surface area contributed by atoms with E-state index in [1.54, 1.807) is 60.7 Å². The molecule has 0 heterocycles. The zero-order chi connectivity index (χ0) is 22.2. The molecule has 0 unspecified atom stereocenters. The highest BCUT2D eigenvalue weighted by Crippen LogP contribution is 2.25. The number of methoxy groups -OCH3 is 1. The number of benzene rings is 3. The predicted octanol–water partition coefficient (Wildman–Crippen LogP) is 4.01. The third-order valence-corrected chi connectivity index (χ3v) is 4.32. The maximum Gasteiger partial charge on any atom is 0.276 e. The number of anilines is 1. The third kappa shape index (κ3) is 5.33. The van der Waals surface area contributed by atoms with Crippen molar-refractivity contribution in [3.05, 3.63) is 106 Å². The van der Waals surface area contributed by atoms with Crippen molar-refractivity contribution in [1.82, 2.24) is 5.32 Å². The molecule has 0 aliphatic rings. The highest BCUT2D eigenvalue weighted by Gasteiger charge is 2.19. The Balaban J connectivity index is 1.99. The van der Waals surface area contributed by atoms with Gasteiger partial charge in [0.25, 0.3) is 17.5 Å². The minimum absolute atomic E-state index is 0.158. The normalized spacial score (nSPS) is 10.8. The summed E-state index contributed by atoms with van der Waals surface area (Å²) in [6.07, 6.45) is 1.27. The van der Waals surface area contributed by atoms with Crippen molar-refractivity contribution in [3.63, 3.8) is 0 Å². The van der Waals surface area contributed by atoms with Crippen LogP contribution >= 0.6 is 0 Å². The van der Waals surface area contributed by atoms with E-state index in [1.807, 2.05) is 0 Å². The second-order valence-corrected chi connectivity index (χ2v) is 6.35. The van der Waals surface area contributed by atoms with Gasteiger partial charge in [-0.05, 0) is 36.4 Å². The largest absolute Gasteiger partial charge is 0.495 e. The lowest BCUT2D eigenvalue weighted by molar-refractivity contribution is -0.385. The van der Waals surface area contributed by atoms with Gasteiger partial charge in [0.2, 0.25) is 0 Å². The fourth-order valence-corrected chi connectivity index (χ4v) is 2.81. The summed E-state index contributed by atoms with van der Waals surface area (Å²) < 4.78 is 5.23. The van der Waals surface area contributed by atoms with Crippen LogP contribution in [0.15, 0.2) is 84.6 Å². The van der Waals surface area contributed by atoms with E-state index >= 15 is 0 Å². The Bertz CT molecular complexity index is 1140. The molecule has 2 amide bonds. The molecular formula is C23H19N3O5. The van der Waals surface area contributed by atoms with E-state index in [-0.39, 0.29) is 16.9 Å². The standard InChI is InChI=1S/C23H19N3O5/c1-31-21-14-8-6-12-18(21)24-23(28)19(25-22(27)16-9-3-2-4-10-16)15-17-11-5-7-13-20(17)26(29)30/h2-15H,1H3,(H,24,28)(H,25,27). The van der Waals surface area contributed by atoms with E-state index in [0.717, 1.165) is 0 Å². The predicted molar refractivity (Wildman–Crippen MR) is 117 cm³/mol. The number of nitrogens with one attached hydrogen (secondary N) is 2. The molecular weight excluding hydrogens is 398 g/mol. The van der Waals surface area contributed by atoms with Crippen LogP contribution < -0.4 is 15.4 Å². The van der Waals surface area contributed by atoms with Crippen LogP contribution in [0.4, 0.5) is 11.4 Å². The van der Waals surface area contributed by atoms with Gasteiger partial charge < -0.3 is 15.4 Å². The summed E-state index contributed by atoms with van der Waals surface area (Å²) in [5, 5.41) is 16.6. The Kier molecular flexibility index (Phi) is 6.74.